The van der Waals surface area contributed by atoms with Crippen LogP contribution in [-0.4, -0.2) is 18.1 Å². The molecule has 0 spiro atoms. The monoisotopic (exact) mass is 254 g/mol. The lowest BCUT2D eigenvalue weighted by molar-refractivity contribution is 0.0337. The molecule has 1 aromatic heterocycles. The van der Waals surface area contributed by atoms with Crippen LogP contribution in [0.1, 0.15) is 39.7 Å². The Bertz CT molecular complexity index is 390. The predicted octanol–water partition coefficient (Wildman–Crippen LogP) is 3.04. The van der Waals surface area contributed by atoms with Crippen molar-refractivity contribution in [3.05, 3.63) is 24.0 Å². The number of aromatic nitrogens is 1. The molecular formula is C14H23FN2O. The summed E-state index contributed by atoms with van der Waals surface area (Å²) in [6, 6.07) is 1.70. The summed E-state index contributed by atoms with van der Waals surface area (Å²) < 4.78 is 20.5. The summed E-state index contributed by atoms with van der Waals surface area (Å²) in [7, 11) is 0. The van der Waals surface area contributed by atoms with E-state index >= 15 is 4.39 Å². The van der Waals surface area contributed by atoms with Crippen LogP contribution >= 0.6 is 0 Å². The average molecular weight is 254 g/mol. The molecule has 0 aromatic carbocycles. The average Bonchev–Trinajstić information content (AvgIpc) is 2.34. The first-order valence-electron chi connectivity index (χ1n) is 6.32. The lowest BCUT2D eigenvalue weighted by atomic mass is 9.74. The molecule has 3 nitrogen and oxygen atoms in total. The third kappa shape index (κ3) is 2.99. The van der Waals surface area contributed by atoms with E-state index < -0.39 is 11.1 Å². The van der Waals surface area contributed by atoms with Crippen molar-refractivity contribution < 1.29 is 9.13 Å². The van der Waals surface area contributed by atoms with Crippen LogP contribution < -0.4 is 10.5 Å². The zero-order valence-corrected chi connectivity index (χ0v) is 11.7. The molecule has 1 heterocycles. The fourth-order valence-corrected chi connectivity index (χ4v) is 1.79. The third-order valence-corrected chi connectivity index (χ3v) is 3.11. The summed E-state index contributed by atoms with van der Waals surface area (Å²) in [6.45, 7) is 8.04. The van der Waals surface area contributed by atoms with Gasteiger partial charge in [-0.1, -0.05) is 27.7 Å². The minimum absolute atomic E-state index is 0.0740. The Kier molecular flexibility index (Phi) is 4.68. The van der Waals surface area contributed by atoms with E-state index in [1.54, 1.807) is 12.3 Å². The zero-order chi connectivity index (χ0) is 13.8. The second-order valence-corrected chi connectivity index (χ2v) is 5.51. The molecule has 0 aliphatic carbocycles. The van der Waals surface area contributed by atoms with Gasteiger partial charge in [0, 0.05) is 23.7 Å². The van der Waals surface area contributed by atoms with Crippen molar-refractivity contribution >= 4 is 0 Å². The van der Waals surface area contributed by atoms with E-state index in [0.29, 0.717) is 17.9 Å². The molecule has 0 saturated carbocycles. The highest BCUT2D eigenvalue weighted by Crippen LogP contribution is 2.42. The smallest absolute Gasteiger partial charge is 0.154 e. The van der Waals surface area contributed by atoms with Crippen LogP contribution in [0.2, 0.25) is 0 Å². The molecule has 0 aliphatic rings. The van der Waals surface area contributed by atoms with E-state index in [1.165, 1.54) is 6.20 Å². The number of alkyl halides is 1. The molecule has 1 unspecified atom stereocenters. The van der Waals surface area contributed by atoms with Gasteiger partial charge in [0.2, 0.25) is 0 Å². The van der Waals surface area contributed by atoms with Crippen molar-refractivity contribution in [2.75, 3.05) is 13.2 Å². The third-order valence-electron chi connectivity index (χ3n) is 3.11. The van der Waals surface area contributed by atoms with Crippen molar-refractivity contribution in [3.8, 4) is 5.75 Å². The van der Waals surface area contributed by atoms with Gasteiger partial charge in [-0.15, -0.1) is 0 Å². The molecule has 0 aliphatic heterocycles. The maximum atomic E-state index is 15.0. The molecule has 1 atom stereocenters. The van der Waals surface area contributed by atoms with Gasteiger partial charge in [0.25, 0.3) is 0 Å². The van der Waals surface area contributed by atoms with Crippen LogP contribution in [0.3, 0.4) is 0 Å². The second-order valence-electron chi connectivity index (χ2n) is 5.51. The molecule has 2 N–H and O–H groups in total. The van der Waals surface area contributed by atoms with Crippen LogP contribution in [0.5, 0.6) is 5.75 Å². The Labute approximate surface area is 109 Å². The van der Waals surface area contributed by atoms with Gasteiger partial charge in [-0.05, 0) is 12.5 Å². The lowest BCUT2D eigenvalue weighted by Crippen LogP contribution is -2.42. The summed E-state index contributed by atoms with van der Waals surface area (Å²) >= 11 is 0. The Morgan fingerprint density at radius 3 is 2.50 bits per heavy atom. The Morgan fingerprint density at radius 2 is 2.00 bits per heavy atom. The highest BCUT2D eigenvalue weighted by atomic mass is 19.1. The number of hydrogen-bond donors (Lipinski definition) is 1. The van der Waals surface area contributed by atoms with Crippen molar-refractivity contribution in [1.82, 2.24) is 4.98 Å². The maximum absolute atomic E-state index is 15.0. The summed E-state index contributed by atoms with van der Waals surface area (Å²) in [5.41, 5.74) is 3.91. The summed E-state index contributed by atoms with van der Waals surface area (Å²) in [6.07, 6.45) is 4.02. The van der Waals surface area contributed by atoms with Crippen molar-refractivity contribution in [3.63, 3.8) is 0 Å². The quantitative estimate of drug-likeness (QED) is 0.878. The Hall–Kier alpha value is -1.16. The molecule has 0 fully saturated rings. The Morgan fingerprint density at radius 1 is 1.33 bits per heavy atom. The first kappa shape index (κ1) is 14.9. The molecule has 1 aromatic rings. The van der Waals surface area contributed by atoms with Crippen molar-refractivity contribution in [2.24, 2.45) is 11.1 Å². The predicted molar refractivity (Wildman–Crippen MR) is 71.3 cm³/mol. The first-order chi connectivity index (χ1) is 8.35. The number of ether oxygens (including phenoxy) is 1. The van der Waals surface area contributed by atoms with Crippen LogP contribution in [0.4, 0.5) is 4.39 Å². The van der Waals surface area contributed by atoms with E-state index in [4.69, 9.17) is 10.5 Å². The first-order valence-corrected chi connectivity index (χ1v) is 6.32. The SMILES string of the molecule is CCCOc1cncc(C(F)(CN)C(C)(C)C)c1. The molecular weight excluding hydrogens is 231 g/mol. The number of pyridine rings is 1. The van der Waals surface area contributed by atoms with Crippen molar-refractivity contribution in [2.45, 2.75) is 39.8 Å². The number of nitrogens with two attached hydrogens (primary N) is 1. The standard InChI is InChI=1S/C14H23FN2O/c1-5-6-18-12-7-11(8-17-9-12)14(15,10-16)13(2,3)4/h7-9H,5-6,10,16H2,1-4H3. The van der Waals surface area contributed by atoms with Crippen LogP contribution in [0, 0.1) is 5.41 Å². The van der Waals surface area contributed by atoms with Crippen molar-refractivity contribution in [1.29, 1.82) is 0 Å². The molecule has 0 amide bonds. The van der Waals surface area contributed by atoms with E-state index in [-0.39, 0.29) is 6.54 Å². The fourth-order valence-electron chi connectivity index (χ4n) is 1.79. The lowest BCUT2D eigenvalue weighted by Gasteiger charge is -2.37. The highest BCUT2D eigenvalue weighted by Gasteiger charge is 2.43. The van der Waals surface area contributed by atoms with Crippen LogP contribution in [0.25, 0.3) is 0 Å². The molecule has 0 bridgehead atoms. The summed E-state index contributed by atoms with van der Waals surface area (Å²) in [5.74, 6) is 0.592. The number of hydrogen-bond acceptors (Lipinski definition) is 3. The molecule has 0 radical (unpaired) electrons. The topological polar surface area (TPSA) is 48.1 Å². The number of rotatable bonds is 5. The maximum Gasteiger partial charge on any atom is 0.154 e. The van der Waals surface area contributed by atoms with Gasteiger partial charge in [0.15, 0.2) is 5.67 Å². The van der Waals surface area contributed by atoms with Gasteiger partial charge in [-0.3, -0.25) is 4.98 Å². The minimum atomic E-state index is -1.61. The van der Waals surface area contributed by atoms with E-state index in [1.807, 2.05) is 27.7 Å². The van der Waals surface area contributed by atoms with Gasteiger partial charge >= 0.3 is 0 Å². The molecule has 18 heavy (non-hydrogen) atoms. The van der Waals surface area contributed by atoms with E-state index in [0.717, 1.165) is 6.42 Å². The largest absolute Gasteiger partial charge is 0.492 e. The normalized spacial score (nSPS) is 15.2. The summed E-state index contributed by atoms with van der Waals surface area (Å²) in [5, 5.41) is 0. The number of halogens is 1. The molecule has 0 saturated heterocycles. The Balaban J connectivity index is 3.07. The summed E-state index contributed by atoms with van der Waals surface area (Å²) in [4.78, 5) is 4.04. The van der Waals surface area contributed by atoms with E-state index in [2.05, 4.69) is 4.98 Å². The highest BCUT2D eigenvalue weighted by molar-refractivity contribution is 5.30. The van der Waals surface area contributed by atoms with Crippen LogP contribution in [0.15, 0.2) is 18.5 Å². The van der Waals surface area contributed by atoms with Gasteiger partial charge in [-0.25, -0.2) is 4.39 Å². The van der Waals surface area contributed by atoms with E-state index in [9.17, 15) is 0 Å². The second kappa shape index (κ2) is 5.65. The van der Waals surface area contributed by atoms with Crippen LogP contribution in [-0.2, 0) is 5.67 Å². The van der Waals surface area contributed by atoms with Gasteiger partial charge in [0.05, 0.1) is 12.8 Å². The van der Waals surface area contributed by atoms with Gasteiger partial charge in [-0.2, -0.15) is 0 Å². The fraction of sp³-hybridized carbons (Fsp3) is 0.643. The molecule has 1 rings (SSSR count). The number of nitrogens with zero attached hydrogens (tertiary/aromatic N) is 1. The van der Waals surface area contributed by atoms with Gasteiger partial charge < -0.3 is 10.5 Å². The molecule has 102 valence electrons. The minimum Gasteiger partial charge on any atom is -0.492 e. The molecule has 4 heteroatoms. The zero-order valence-electron chi connectivity index (χ0n) is 11.7. The van der Waals surface area contributed by atoms with Gasteiger partial charge in [0.1, 0.15) is 5.75 Å².